The van der Waals surface area contributed by atoms with Gasteiger partial charge in [0.2, 0.25) is 0 Å². The Hall–Kier alpha value is -1.97. The second-order valence-corrected chi connectivity index (χ2v) is 7.61. The van der Waals surface area contributed by atoms with Crippen molar-refractivity contribution in [3.05, 3.63) is 29.3 Å². The Bertz CT molecular complexity index is 823. The highest BCUT2D eigenvalue weighted by atomic mass is 16.4. The van der Waals surface area contributed by atoms with Gasteiger partial charge in [-0.15, -0.1) is 0 Å². The quantitative estimate of drug-likeness (QED) is 0.945. The lowest BCUT2D eigenvalue weighted by Gasteiger charge is -2.41. The van der Waals surface area contributed by atoms with Gasteiger partial charge in [0.25, 0.3) is 0 Å². The first-order valence-corrected chi connectivity index (χ1v) is 8.69. The number of carboxylic acid groups (broad SMARTS) is 1. The molecule has 4 nitrogen and oxygen atoms in total. The molecule has 1 saturated carbocycles. The van der Waals surface area contributed by atoms with Gasteiger partial charge in [-0.05, 0) is 37.2 Å². The molecular weight excluding hydrogens is 288 g/mol. The van der Waals surface area contributed by atoms with Crippen LogP contribution in [0.5, 0.6) is 0 Å². The van der Waals surface area contributed by atoms with Crippen LogP contribution in [0.2, 0.25) is 0 Å². The molecular formula is C19H22N2O2. The van der Waals surface area contributed by atoms with Crippen molar-refractivity contribution in [1.29, 1.82) is 0 Å². The minimum atomic E-state index is -0.678. The van der Waals surface area contributed by atoms with Crippen LogP contribution in [0.3, 0.4) is 0 Å². The zero-order valence-electron chi connectivity index (χ0n) is 13.5. The van der Waals surface area contributed by atoms with Gasteiger partial charge < -0.3 is 14.6 Å². The average Bonchev–Trinajstić information content (AvgIpc) is 3.26. The topological polar surface area (TPSA) is 45.5 Å². The fourth-order valence-corrected chi connectivity index (χ4v) is 5.10. The number of carboxylic acids is 1. The van der Waals surface area contributed by atoms with Crippen molar-refractivity contribution >= 4 is 22.7 Å². The molecule has 1 N–H and O–H groups in total. The Morgan fingerprint density at radius 2 is 2.04 bits per heavy atom. The summed E-state index contributed by atoms with van der Waals surface area (Å²) in [6.45, 7) is 2.33. The molecule has 0 spiro atoms. The molecule has 1 aromatic carbocycles. The van der Waals surface area contributed by atoms with E-state index in [9.17, 15) is 9.90 Å². The second-order valence-electron chi connectivity index (χ2n) is 7.61. The smallest absolute Gasteiger partial charge is 0.304 e. The van der Waals surface area contributed by atoms with E-state index in [-0.39, 0.29) is 11.8 Å². The third kappa shape index (κ3) is 1.69. The molecule has 1 aromatic heterocycles. The molecule has 2 fully saturated rings. The van der Waals surface area contributed by atoms with Gasteiger partial charge in [-0.2, -0.15) is 0 Å². The highest BCUT2D eigenvalue weighted by Gasteiger charge is 2.48. The first-order valence-electron chi connectivity index (χ1n) is 8.69. The van der Waals surface area contributed by atoms with E-state index in [1.165, 1.54) is 40.7 Å². The number of rotatable bonds is 3. The molecule has 0 radical (unpaired) electrons. The van der Waals surface area contributed by atoms with Crippen LogP contribution in [-0.2, 0) is 17.3 Å². The summed E-state index contributed by atoms with van der Waals surface area (Å²) >= 11 is 0. The summed E-state index contributed by atoms with van der Waals surface area (Å²) in [5.74, 6) is 1.40. The largest absolute Gasteiger partial charge is 0.481 e. The maximum Gasteiger partial charge on any atom is 0.304 e. The van der Waals surface area contributed by atoms with Crippen molar-refractivity contribution in [2.75, 3.05) is 18.0 Å². The summed E-state index contributed by atoms with van der Waals surface area (Å²) in [4.78, 5) is 13.9. The summed E-state index contributed by atoms with van der Waals surface area (Å²) in [5, 5.41) is 10.7. The normalized spacial score (nSPS) is 21.7. The number of nitrogens with zero attached hydrogens (tertiary/aromatic N) is 2. The molecule has 2 bridgehead atoms. The van der Waals surface area contributed by atoms with Gasteiger partial charge in [0.05, 0.1) is 11.9 Å². The summed E-state index contributed by atoms with van der Waals surface area (Å²) in [5.41, 5.74) is 3.94. The monoisotopic (exact) mass is 310 g/mol. The van der Waals surface area contributed by atoms with Crippen LogP contribution in [0.25, 0.3) is 10.9 Å². The summed E-state index contributed by atoms with van der Waals surface area (Å²) < 4.78 is 2.35. The molecule has 4 heterocycles. The maximum atomic E-state index is 11.3. The fourth-order valence-electron chi connectivity index (χ4n) is 5.10. The van der Waals surface area contributed by atoms with E-state index in [0.717, 1.165) is 25.9 Å². The lowest BCUT2D eigenvalue weighted by molar-refractivity contribution is -0.137. The Kier molecular flexibility index (Phi) is 2.52. The number of hydrogen-bond donors (Lipinski definition) is 1. The zero-order chi connectivity index (χ0) is 15.8. The van der Waals surface area contributed by atoms with Gasteiger partial charge in [0.1, 0.15) is 5.82 Å². The first kappa shape index (κ1) is 13.5. The highest BCUT2D eigenvalue weighted by Crippen LogP contribution is 2.55. The average molecular weight is 310 g/mol. The molecule has 3 aliphatic heterocycles. The van der Waals surface area contributed by atoms with Crippen LogP contribution in [0.15, 0.2) is 18.2 Å². The van der Waals surface area contributed by atoms with Crippen LogP contribution in [0.4, 0.5) is 5.82 Å². The SMILES string of the molecule is Cn1c2c(c3cccc(C4(CC(=O)O)CC4)c31)C1CCN2CC1. The summed E-state index contributed by atoms with van der Waals surface area (Å²) in [7, 11) is 2.17. The molecule has 0 amide bonds. The number of benzene rings is 1. The Balaban J connectivity index is 1.78. The number of fused-ring (bicyclic) bond motifs is 3. The van der Waals surface area contributed by atoms with Crippen molar-refractivity contribution < 1.29 is 9.90 Å². The molecule has 2 aromatic rings. The van der Waals surface area contributed by atoms with Gasteiger partial charge in [-0.3, -0.25) is 4.79 Å². The number of aliphatic carboxylic acids is 1. The van der Waals surface area contributed by atoms with Crippen LogP contribution in [0.1, 0.15) is 49.1 Å². The van der Waals surface area contributed by atoms with E-state index in [1.54, 1.807) is 0 Å². The number of aromatic nitrogens is 1. The van der Waals surface area contributed by atoms with Crippen LogP contribution in [0, 0.1) is 0 Å². The van der Waals surface area contributed by atoms with Gasteiger partial charge in [0, 0.05) is 36.5 Å². The van der Waals surface area contributed by atoms with E-state index < -0.39 is 5.97 Å². The molecule has 1 saturated heterocycles. The molecule has 6 rings (SSSR count). The van der Waals surface area contributed by atoms with Gasteiger partial charge >= 0.3 is 5.97 Å². The standard InChI is InChI=1S/C19H22N2O2/c1-20-17-13(16-12-5-9-21(10-6-12)18(16)20)3-2-4-14(17)19(7-8-19)11-15(22)23/h2-4,12H,5-11H2,1H3,(H,22,23). The van der Waals surface area contributed by atoms with Crippen molar-refractivity contribution in [1.82, 2.24) is 4.57 Å². The number of para-hydroxylation sites is 1. The minimum absolute atomic E-state index is 0.131. The van der Waals surface area contributed by atoms with Gasteiger partial charge in [0.15, 0.2) is 0 Å². The van der Waals surface area contributed by atoms with Crippen LogP contribution >= 0.6 is 0 Å². The highest BCUT2D eigenvalue weighted by molar-refractivity contribution is 5.95. The third-order valence-corrected chi connectivity index (χ3v) is 6.34. The molecule has 4 heteroatoms. The molecule has 4 aliphatic rings. The first-order chi connectivity index (χ1) is 11.1. The third-order valence-electron chi connectivity index (χ3n) is 6.34. The van der Waals surface area contributed by atoms with E-state index in [1.807, 2.05) is 0 Å². The summed E-state index contributed by atoms with van der Waals surface area (Å²) in [6, 6.07) is 6.55. The Morgan fingerprint density at radius 1 is 1.30 bits per heavy atom. The Morgan fingerprint density at radius 3 is 2.70 bits per heavy atom. The van der Waals surface area contributed by atoms with Crippen LogP contribution in [-0.4, -0.2) is 28.7 Å². The number of carbonyl (C=O) groups is 1. The number of hydrogen-bond acceptors (Lipinski definition) is 2. The second kappa shape index (κ2) is 4.31. The minimum Gasteiger partial charge on any atom is -0.481 e. The van der Waals surface area contributed by atoms with Gasteiger partial charge in [-0.1, -0.05) is 18.2 Å². The summed E-state index contributed by atoms with van der Waals surface area (Å²) in [6.07, 6.45) is 4.78. The maximum absolute atomic E-state index is 11.3. The molecule has 1 aliphatic carbocycles. The predicted molar refractivity (Wildman–Crippen MR) is 90.3 cm³/mol. The van der Waals surface area contributed by atoms with E-state index in [2.05, 4.69) is 34.7 Å². The van der Waals surface area contributed by atoms with Crippen molar-refractivity contribution in [2.45, 2.75) is 43.4 Å². The fraction of sp³-hybridized carbons (Fsp3) is 0.526. The lowest BCUT2D eigenvalue weighted by atomic mass is 9.83. The lowest BCUT2D eigenvalue weighted by Crippen LogP contribution is -2.39. The van der Waals surface area contributed by atoms with Crippen molar-refractivity contribution in [3.63, 3.8) is 0 Å². The number of anilines is 1. The molecule has 0 atom stereocenters. The predicted octanol–water partition coefficient (Wildman–Crippen LogP) is 3.38. The van der Waals surface area contributed by atoms with E-state index in [4.69, 9.17) is 0 Å². The van der Waals surface area contributed by atoms with E-state index in [0.29, 0.717) is 5.92 Å². The van der Waals surface area contributed by atoms with Crippen molar-refractivity contribution in [3.8, 4) is 0 Å². The van der Waals surface area contributed by atoms with Crippen LogP contribution < -0.4 is 4.90 Å². The Labute approximate surface area is 135 Å². The molecule has 120 valence electrons. The van der Waals surface area contributed by atoms with Crippen molar-refractivity contribution in [2.24, 2.45) is 7.05 Å². The zero-order valence-corrected chi connectivity index (χ0v) is 13.5. The van der Waals surface area contributed by atoms with E-state index >= 15 is 0 Å². The molecule has 0 unspecified atom stereocenters. The number of piperidine rings is 1. The number of aryl methyl sites for hydroxylation is 1. The molecule has 23 heavy (non-hydrogen) atoms. The van der Waals surface area contributed by atoms with Gasteiger partial charge in [-0.25, -0.2) is 0 Å².